The predicted octanol–water partition coefficient (Wildman–Crippen LogP) is -1.98. The molecule has 7 heteroatoms. The van der Waals surface area contributed by atoms with Crippen LogP contribution in [0, 0.1) is 0 Å². The van der Waals surface area contributed by atoms with Gasteiger partial charge in [0.05, 0.1) is 13.2 Å². The van der Waals surface area contributed by atoms with E-state index in [1.165, 1.54) is 0 Å². The number of nitrogens with zero attached hydrogens (tertiary/aromatic N) is 1. The molecule has 0 bridgehead atoms. The van der Waals surface area contributed by atoms with Gasteiger partial charge in [0.2, 0.25) is 0 Å². The first-order valence-electron chi connectivity index (χ1n) is 4.00. The van der Waals surface area contributed by atoms with Crippen molar-refractivity contribution < 1.29 is 27.7 Å². The van der Waals surface area contributed by atoms with Crippen molar-refractivity contribution in [3.63, 3.8) is 0 Å². The van der Waals surface area contributed by atoms with Gasteiger partial charge in [0, 0.05) is 0 Å². The zero-order valence-electron chi connectivity index (χ0n) is 7.13. The highest BCUT2D eigenvalue weighted by Gasteiger charge is 2.61. The Hall–Kier alpha value is -0.210. The molecular weight excluding hydrogens is 198 g/mol. The molecule has 1 unspecified atom stereocenters. The molecule has 1 heterocycles. The van der Waals surface area contributed by atoms with Gasteiger partial charge in [0.1, 0.15) is 13.1 Å². The summed E-state index contributed by atoms with van der Waals surface area (Å²) < 4.78 is 30.3. The molecule has 1 fully saturated rings. The molecule has 6 nitrogen and oxygen atoms in total. The lowest BCUT2D eigenvalue weighted by atomic mass is 10.5. The van der Waals surface area contributed by atoms with Gasteiger partial charge in [-0.25, -0.2) is 0 Å². The van der Waals surface area contributed by atoms with Crippen LogP contribution in [0.25, 0.3) is 0 Å². The second kappa shape index (κ2) is 3.50. The van der Waals surface area contributed by atoms with Crippen LogP contribution in [-0.2, 0) is 10.1 Å². The van der Waals surface area contributed by atoms with E-state index in [4.69, 9.17) is 14.8 Å². The fraction of sp³-hybridized carbons (Fsp3) is 1.00. The summed E-state index contributed by atoms with van der Waals surface area (Å²) >= 11 is 0. The first kappa shape index (κ1) is 10.9. The van der Waals surface area contributed by atoms with Crippen LogP contribution in [0.4, 0.5) is 0 Å². The summed E-state index contributed by atoms with van der Waals surface area (Å²) in [7, 11) is -4.03. The number of rotatable bonds is 5. The Morgan fingerprint density at radius 1 is 1.23 bits per heavy atom. The van der Waals surface area contributed by atoms with Crippen molar-refractivity contribution >= 4 is 10.1 Å². The number of aliphatic hydroxyl groups excluding tert-OH is 2. The summed E-state index contributed by atoms with van der Waals surface area (Å²) in [6, 6.07) is 0. The number of hydrogen-bond donors (Lipinski definition) is 3. The van der Waals surface area contributed by atoms with E-state index in [9.17, 15) is 8.42 Å². The predicted molar refractivity (Wildman–Crippen MR) is 44.4 cm³/mol. The van der Waals surface area contributed by atoms with Gasteiger partial charge in [-0.3, -0.25) is 9.04 Å². The van der Waals surface area contributed by atoms with Gasteiger partial charge in [-0.1, -0.05) is 0 Å². The standard InChI is InChI=1S/C6H13NO5S/c8-3-1-7(2-4-9)5-6(7)13(10,11)12/h6,8-9H,1-5H2/p+1. The minimum atomic E-state index is -4.03. The van der Waals surface area contributed by atoms with E-state index < -0.39 is 15.5 Å². The van der Waals surface area contributed by atoms with Gasteiger partial charge in [0.25, 0.3) is 5.37 Å². The van der Waals surface area contributed by atoms with Gasteiger partial charge >= 0.3 is 10.1 Å². The summed E-state index contributed by atoms with van der Waals surface area (Å²) in [5.41, 5.74) is 0. The quantitative estimate of drug-likeness (QED) is 0.279. The maximum Gasteiger partial charge on any atom is 0.325 e. The molecule has 1 rings (SSSR count). The molecule has 0 spiro atoms. The highest BCUT2D eigenvalue weighted by atomic mass is 32.2. The van der Waals surface area contributed by atoms with Crippen molar-refractivity contribution in [2.24, 2.45) is 0 Å². The SMILES string of the molecule is O=S(=O)(O)C1C[N+]1(CCO)CCO. The Balaban J connectivity index is 2.66. The molecule has 3 N–H and O–H groups in total. The molecule has 0 radical (unpaired) electrons. The molecule has 1 atom stereocenters. The van der Waals surface area contributed by atoms with Gasteiger partial charge in [-0.2, -0.15) is 8.42 Å². The summed E-state index contributed by atoms with van der Waals surface area (Å²) in [6.45, 7) is 0.494. The van der Waals surface area contributed by atoms with Crippen LogP contribution in [0.3, 0.4) is 0 Å². The third-order valence-electron chi connectivity index (χ3n) is 2.43. The fourth-order valence-electron chi connectivity index (χ4n) is 1.62. The highest BCUT2D eigenvalue weighted by molar-refractivity contribution is 7.86. The van der Waals surface area contributed by atoms with Crippen molar-refractivity contribution in [1.82, 2.24) is 0 Å². The van der Waals surface area contributed by atoms with Crippen LogP contribution >= 0.6 is 0 Å². The zero-order chi connectivity index (χ0) is 10.1. The Morgan fingerprint density at radius 2 is 1.69 bits per heavy atom. The van der Waals surface area contributed by atoms with Crippen molar-refractivity contribution in [2.45, 2.75) is 5.37 Å². The lowest BCUT2D eigenvalue weighted by molar-refractivity contribution is -0.807. The van der Waals surface area contributed by atoms with E-state index in [0.29, 0.717) is 0 Å². The van der Waals surface area contributed by atoms with E-state index >= 15 is 0 Å². The second-order valence-electron chi connectivity index (χ2n) is 3.27. The molecule has 0 amide bonds. The minimum Gasteiger partial charge on any atom is -0.391 e. The van der Waals surface area contributed by atoms with Crippen LogP contribution < -0.4 is 0 Å². The second-order valence-corrected chi connectivity index (χ2v) is 4.84. The maximum atomic E-state index is 10.7. The van der Waals surface area contributed by atoms with Crippen LogP contribution in [0.2, 0.25) is 0 Å². The number of quaternary nitrogens is 1. The van der Waals surface area contributed by atoms with E-state index in [0.717, 1.165) is 0 Å². The van der Waals surface area contributed by atoms with E-state index in [1.807, 2.05) is 0 Å². The molecular formula is C6H14NO5S+. The van der Waals surface area contributed by atoms with E-state index in [1.54, 1.807) is 0 Å². The van der Waals surface area contributed by atoms with Gasteiger partial charge in [-0.05, 0) is 0 Å². The zero-order valence-corrected chi connectivity index (χ0v) is 7.94. The van der Waals surface area contributed by atoms with Crippen LogP contribution in [-0.4, -0.2) is 65.9 Å². The maximum absolute atomic E-state index is 10.7. The molecule has 0 aromatic heterocycles. The molecule has 1 aliphatic rings. The minimum absolute atomic E-state index is 0.0752. The van der Waals surface area contributed by atoms with Gasteiger partial charge in [0.15, 0.2) is 6.54 Å². The monoisotopic (exact) mass is 212 g/mol. The summed E-state index contributed by atoms with van der Waals surface area (Å²) in [4.78, 5) is 0. The van der Waals surface area contributed by atoms with Crippen LogP contribution in [0.15, 0.2) is 0 Å². The van der Waals surface area contributed by atoms with E-state index in [-0.39, 0.29) is 37.3 Å². The Morgan fingerprint density at radius 3 is 1.92 bits per heavy atom. The molecule has 13 heavy (non-hydrogen) atoms. The summed E-state index contributed by atoms with van der Waals surface area (Å²) in [5.74, 6) is 0. The fourth-order valence-corrected chi connectivity index (χ4v) is 2.88. The van der Waals surface area contributed by atoms with Crippen LogP contribution in [0.5, 0.6) is 0 Å². The Labute approximate surface area is 76.7 Å². The molecule has 1 aliphatic heterocycles. The topological polar surface area (TPSA) is 94.8 Å². The highest BCUT2D eigenvalue weighted by Crippen LogP contribution is 2.33. The van der Waals surface area contributed by atoms with Crippen molar-refractivity contribution in [2.75, 3.05) is 32.8 Å². The molecule has 0 aromatic rings. The van der Waals surface area contributed by atoms with Crippen molar-refractivity contribution in [1.29, 1.82) is 0 Å². The largest absolute Gasteiger partial charge is 0.391 e. The number of aliphatic hydroxyl groups is 2. The van der Waals surface area contributed by atoms with Gasteiger partial charge in [-0.15, -0.1) is 0 Å². The van der Waals surface area contributed by atoms with E-state index in [2.05, 4.69) is 0 Å². The summed E-state index contributed by atoms with van der Waals surface area (Å²) in [6.07, 6.45) is 0. The first-order chi connectivity index (χ1) is 5.96. The van der Waals surface area contributed by atoms with Crippen LogP contribution in [0.1, 0.15) is 0 Å². The molecule has 0 saturated carbocycles. The third kappa shape index (κ3) is 2.18. The normalized spacial score (nSPS) is 25.9. The average molecular weight is 212 g/mol. The first-order valence-corrected chi connectivity index (χ1v) is 5.50. The smallest absolute Gasteiger partial charge is 0.325 e. The van der Waals surface area contributed by atoms with Crippen molar-refractivity contribution in [3.8, 4) is 0 Å². The van der Waals surface area contributed by atoms with Gasteiger partial charge < -0.3 is 10.2 Å². The molecule has 78 valence electrons. The Kier molecular flexibility index (Phi) is 2.93. The molecule has 1 saturated heterocycles. The lowest BCUT2D eigenvalue weighted by Gasteiger charge is -2.16. The third-order valence-corrected chi connectivity index (χ3v) is 3.72. The van der Waals surface area contributed by atoms with Crippen molar-refractivity contribution in [3.05, 3.63) is 0 Å². The number of hydrogen-bond acceptors (Lipinski definition) is 4. The Bertz CT molecular complexity index is 269. The average Bonchev–Trinajstić information content (AvgIpc) is 2.64. The molecule has 0 aliphatic carbocycles. The lowest BCUT2D eigenvalue weighted by Crippen LogP contribution is -2.37. The molecule has 0 aromatic carbocycles. The summed E-state index contributed by atoms with van der Waals surface area (Å²) in [5, 5.41) is 16.5.